The number of hydrogen-bond donors (Lipinski definition) is 0. The molecule has 5 nitrogen and oxygen atoms in total. The van der Waals surface area contributed by atoms with E-state index < -0.39 is 0 Å². The summed E-state index contributed by atoms with van der Waals surface area (Å²) >= 11 is 3.50. The van der Waals surface area contributed by atoms with Crippen LogP contribution >= 0.6 is 15.9 Å². The number of aromatic nitrogens is 2. The number of para-hydroxylation sites is 2. The number of fused-ring (bicyclic) bond motifs is 1. The molecule has 0 saturated carbocycles. The molecule has 1 fully saturated rings. The maximum Gasteiger partial charge on any atom is 0.266 e. The monoisotopic (exact) mass is 502 g/mol. The van der Waals surface area contributed by atoms with Crippen molar-refractivity contribution < 1.29 is 0 Å². The minimum Gasteiger partial charge on any atom is -0.369 e. The third-order valence-corrected chi connectivity index (χ3v) is 6.94. The lowest BCUT2D eigenvalue weighted by molar-refractivity contribution is 0.242. The molecule has 0 radical (unpaired) electrons. The third kappa shape index (κ3) is 4.33. The van der Waals surface area contributed by atoms with Gasteiger partial charge >= 0.3 is 0 Å². The first-order valence-corrected chi connectivity index (χ1v) is 12.1. The zero-order chi connectivity index (χ0) is 22.9. The number of benzene rings is 3. The van der Waals surface area contributed by atoms with E-state index in [-0.39, 0.29) is 5.56 Å². The van der Waals surface area contributed by atoms with Gasteiger partial charge in [0.15, 0.2) is 0 Å². The fraction of sp³-hybridized carbons (Fsp3) is 0.259. The average molecular weight is 503 g/mol. The zero-order valence-corrected chi connectivity index (χ0v) is 20.5. The van der Waals surface area contributed by atoms with Crippen molar-refractivity contribution in [1.29, 1.82) is 0 Å². The molecule has 1 aliphatic heterocycles. The van der Waals surface area contributed by atoms with Crippen molar-refractivity contribution in [3.05, 3.63) is 98.5 Å². The first kappa shape index (κ1) is 21.9. The molecule has 33 heavy (non-hydrogen) atoms. The van der Waals surface area contributed by atoms with Crippen molar-refractivity contribution in [2.75, 3.05) is 31.1 Å². The Hall–Kier alpha value is -2.96. The smallest absolute Gasteiger partial charge is 0.266 e. The Morgan fingerprint density at radius 2 is 1.48 bits per heavy atom. The first-order valence-electron chi connectivity index (χ1n) is 11.3. The average Bonchev–Trinajstić information content (AvgIpc) is 2.82. The van der Waals surface area contributed by atoms with Crippen LogP contribution in [0.1, 0.15) is 17.0 Å². The lowest BCUT2D eigenvalue weighted by Gasteiger charge is -2.36. The minimum atomic E-state index is -0.0239. The van der Waals surface area contributed by atoms with Crippen molar-refractivity contribution in [1.82, 2.24) is 14.5 Å². The molecule has 2 heterocycles. The molecule has 1 saturated heterocycles. The summed E-state index contributed by atoms with van der Waals surface area (Å²) in [5, 5.41) is 0.626. The number of hydrogen-bond acceptors (Lipinski definition) is 4. The van der Waals surface area contributed by atoms with Gasteiger partial charge in [-0.15, -0.1) is 0 Å². The molecule has 1 aromatic heterocycles. The minimum absolute atomic E-state index is 0.0239. The van der Waals surface area contributed by atoms with Gasteiger partial charge in [-0.3, -0.25) is 14.3 Å². The molecular weight excluding hydrogens is 476 g/mol. The van der Waals surface area contributed by atoms with Crippen LogP contribution in [0.4, 0.5) is 5.69 Å². The summed E-state index contributed by atoms with van der Waals surface area (Å²) in [6.07, 6.45) is 0. The van der Waals surface area contributed by atoms with E-state index in [4.69, 9.17) is 4.98 Å². The fourth-order valence-electron chi connectivity index (χ4n) is 4.64. The number of aryl methyl sites for hydroxylation is 2. The summed E-state index contributed by atoms with van der Waals surface area (Å²) in [5.74, 6) is 0.786. The maximum atomic E-state index is 13.6. The maximum absolute atomic E-state index is 13.6. The summed E-state index contributed by atoms with van der Waals surface area (Å²) in [6, 6.07) is 22.3. The van der Waals surface area contributed by atoms with Crippen LogP contribution in [0.3, 0.4) is 0 Å². The molecule has 0 bridgehead atoms. The Kier molecular flexibility index (Phi) is 6.04. The highest BCUT2D eigenvalue weighted by Crippen LogP contribution is 2.23. The van der Waals surface area contributed by atoms with Crippen molar-refractivity contribution in [2.24, 2.45) is 0 Å². The number of nitrogens with zero attached hydrogens (tertiary/aromatic N) is 4. The van der Waals surface area contributed by atoms with Crippen molar-refractivity contribution >= 4 is 32.5 Å². The van der Waals surface area contributed by atoms with E-state index in [1.54, 1.807) is 4.57 Å². The fourth-order valence-corrected chi connectivity index (χ4v) is 5.00. The Labute approximate surface area is 202 Å². The second-order valence-corrected chi connectivity index (χ2v) is 9.58. The van der Waals surface area contributed by atoms with Gasteiger partial charge in [0.05, 0.1) is 23.1 Å². The summed E-state index contributed by atoms with van der Waals surface area (Å²) in [5.41, 5.74) is 5.28. The van der Waals surface area contributed by atoms with Crippen LogP contribution in [0.5, 0.6) is 0 Å². The molecule has 0 atom stereocenters. The molecule has 0 amide bonds. The zero-order valence-electron chi connectivity index (χ0n) is 19.0. The molecular formula is C27H27BrN4O. The van der Waals surface area contributed by atoms with Crippen LogP contribution < -0.4 is 10.5 Å². The Morgan fingerprint density at radius 3 is 2.15 bits per heavy atom. The van der Waals surface area contributed by atoms with Gasteiger partial charge in [-0.25, -0.2) is 4.98 Å². The van der Waals surface area contributed by atoms with Crippen LogP contribution in [0.15, 0.2) is 76.0 Å². The highest BCUT2D eigenvalue weighted by atomic mass is 79.9. The molecule has 0 spiro atoms. The van der Waals surface area contributed by atoms with Crippen LogP contribution in [0.2, 0.25) is 0 Å². The predicted octanol–water partition coefficient (Wildman–Crippen LogP) is 5.09. The summed E-state index contributed by atoms with van der Waals surface area (Å²) in [7, 11) is 0. The molecule has 6 heteroatoms. The third-order valence-electron chi connectivity index (χ3n) is 6.45. The van der Waals surface area contributed by atoms with Crippen LogP contribution in [-0.2, 0) is 6.54 Å². The molecule has 1 aliphatic rings. The molecule has 0 N–H and O–H groups in total. The van der Waals surface area contributed by atoms with E-state index in [0.717, 1.165) is 53.2 Å². The van der Waals surface area contributed by atoms with Gasteiger partial charge < -0.3 is 4.90 Å². The van der Waals surface area contributed by atoms with E-state index >= 15 is 0 Å². The number of anilines is 1. The van der Waals surface area contributed by atoms with E-state index in [0.29, 0.717) is 11.9 Å². The molecule has 5 rings (SSSR count). The van der Waals surface area contributed by atoms with Gasteiger partial charge in [0.25, 0.3) is 5.56 Å². The second kappa shape index (κ2) is 9.12. The second-order valence-electron chi connectivity index (χ2n) is 8.67. The Morgan fingerprint density at radius 1 is 0.848 bits per heavy atom. The van der Waals surface area contributed by atoms with Gasteiger partial charge in [0.2, 0.25) is 0 Å². The predicted molar refractivity (Wildman–Crippen MR) is 138 cm³/mol. The van der Waals surface area contributed by atoms with Gasteiger partial charge in [-0.1, -0.05) is 52.3 Å². The van der Waals surface area contributed by atoms with E-state index in [9.17, 15) is 4.79 Å². The number of halogens is 1. The number of rotatable bonds is 4. The molecule has 0 unspecified atom stereocenters. The Bertz CT molecular complexity index is 1370. The van der Waals surface area contributed by atoms with Crippen LogP contribution in [-0.4, -0.2) is 40.6 Å². The van der Waals surface area contributed by atoms with Crippen LogP contribution in [0, 0.1) is 13.8 Å². The largest absolute Gasteiger partial charge is 0.369 e. The summed E-state index contributed by atoms with van der Waals surface area (Å²) in [6.45, 7) is 8.61. The summed E-state index contributed by atoms with van der Waals surface area (Å²) < 4.78 is 2.68. The molecule has 3 aromatic carbocycles. The van der Waals surface area contributed by atoms with Crippen LogP contribution in [0.25, 0.3) is 16.6 Å². The highest BCUT2D eigenvalue weighted by Gasteiger charge is 2.22. The SMILES string of the molecule is Cc1ccccc1N1CCN(Cc2nc3ccc(Br)cc3c(=O)n2-c2ccccc2C)CC1. The molecule has 168 valence electrons. The quantitative estimate of drug-likeness (QED) is 0.389. The van der Waals surface area contributed by atoms with Gasteiger partial charge in [-0.2, -0.15) is 0 Å². The Balaban J connectivity index is 1.49. The van der Waals surface area contributed by atoms with Crippen molar-refractivity contribution in [3.8, 4) is 5.69 Å². The van der Waals surface area contributed by atoms with Crippen molar-refractivity contribution in [3.63, 3.8) is 0 Å². The van der Waals surface area contributed by atoms with Crippen molar-refractivity contribution in [2.45, 2.75) is 20.4 Å². The molecule has 0 aliphatic carbocycles. The van der Waals surface area contributed by atoms with Gasteiger partial charge in [0, 0.05) is 36.3 Å². The van der Waals surface area contributed by atoms with Gasteiger partial charge in [-0.05, 0) is 55.3 Å². The topological polar surface area (TPSA) is 41.4 Å². The number of piperazine rings is 1. The molecule has 4 aromatic rings. The van der Waals surface area contributed by atoms with E-state index in [2.05, 4.69) is 56.9 Å². The lowest BCUT2D eigenvalue weighted by atomic mass is 10.1. The standard InChI is InChI=1S/C27H27BrN4O/c1-19-7-3-5-9-24(19)31-15-13-30(14-16-31)18-26-29-23-12-11-21(28)17-22(23)27(33)32(26)25-10-6-4-8-20(25)2/h3-12,17H,13-16,18H2,1-2H3. The van der Waals surface area contributed by atoms with Gasteiger partial charge in [0.1, 0.15) is 5.82 Å². The highest BCUT2D eigenvalue weighted by molar-refractivity contribution is 9.10. The lowest BCUT2D eigenvalue weighted by Crippen LogP contribution is -2.46. The normalized spacial score (nSPS) is 14.7. The van der Waals surface area contributed by atoms with E-state index in [1.165, 1.54) is 11.3 Å². The first-order chi connectivity index (χ1) is 16.0. The summed E-state index contributed by atoms with van der Waals surface area (Å²) in [4.78, 5) is 23.5. The van der Waals surface area contributed by atoms with E-state index in [1.807, 2.05) is 49.4 Å².